The van der Waals surface area contributed by atoms with Crippen LogP contribution in [0.15, 0.2) is 66.7 Å². The van der Waals surface area contributed by atoms with Crippen LogP contribution in [0.3, 0.4) is 0 Å². The summed E-state index contributed by atoms with van der Waals surface area (Å²) in [7, 11) is 0. The number of fused-ring (bicyclic) bond motifs is 1. The van der Waals surface area contributed by atoms with Gasteiger partial charge in [-0.25, -0.2) is 4.79 Å². The van der Waals surface area contributed by atoms with Gasteiger partial charge in [-0.2, -0.15) is 0 Å². The molecule has 1 aliphatic rings. The first-order chi connectivity index (χ1) is 18.8. The zero-order chi connectivity index (χ0) is 27.8. The van der Waals surface area contributed by atoms with Gasteiger partial charge in [0.15, 0.2) is 5.78 Å². The quantitative estimate of drug-likeness (QED) is 0.152. The Bertz CT molecular complexity index is 1330. The third kappa shape index (κ3) is 7.52. The number of aryl methyl sites for hydroxylation is 2. The molecule has 2 atom stereocenters. The van der Waals surface area contributed by atoms with Gasteiger partial charge in [-0.3, -0.25) is 9.59 Å². The molecule has 2 unspecified atom stereocenters. The summed E-state index contributed by atoms with van der Waals surface area (Å²) in [5.74, 6) is -2.84. The van der Waals surface area contributed by atoms with Crippen LogP contribution in [0.5, 0.6) is 0 Å². The molecule has 0 aliphatic heterocycles. The number of benzene rings is 3. The number of amides is 2. The second-order valence-electron chi connectivity index (χ2n) is 9.61. The summed E-state index contributed by atoms with van der Waals surface area (Å²) in [5.41, 5.74) is 4.12. The molecule has 0 spiro atoms. The largest absolute Gasteiger partial charge is 0.481 e. The average Bonchev–Trinajstić information content (AvgIpc) is 3.33. The van der Waals surface area contributed by atoms with Crippen molar-refractivity contribution in [1.29, 1.82) is 0 Å². The average molecular weight is 569 g/mol. The molecule has 9 heteroatoms. The van der Waals surface area contributed by atoms with Crippen LogP contribution in [0.25, 0.3) is 0 Å². The second-order valence-corrected chi connectivity index (χ2v) is 10.4. The molecule has 0 bridgehead atoms. The maximum absolute atomic E-state index is 13.1. The summed E-state index contributed by atoms with van der Waals surface area (Å²) >= 11 is 12.8. The van der Waals surface area contributed by atoms with E-state index in [1.807, 2.05) is 42.5 Å². The molecule has 0 saturated carbocycles. The Morgan fingerprint density at radius 3 is 2.49 bits per heavy atom. The summed E-state index contributed by atoms with van der Waals surface area (Å²) in [6.07, 6.45) is 3.03. The lowest BCUT2D eigenvalue weighted by molar-refractivity contribution is -0.141. The van der Waals surface area contributed by atoms with Crippen molar-refractivity contribution in [2.45, 2.75) is 38.1 Å². The fraction of sp³-hybridized carbons (Fsp3) is 0.300. The Balaban J connectivity index is 1.32. The van der Waals surface area contributed by atoms with Crippen LogP contribution >= 0.6 is 23.2 Å². The van der Waals surface area contributed by atoms with Crippen molar-refractivity contribution in [3.05, 3.63) is 99.0 Å². The number of Topliss-reactive ketones (excluding diaryl/α,β-unsaturated/α-hetero) is 1. The number of urea groups is 1. The van der Waals surface area contributed by atoms with Crippen molar-refractivity contribution in [3.63, 3.8) is 0 Å². The molecule has 1 aliphatic carbocycles. The molecule has 0 radical (unpaired) electrons. The molecule has 3 aromatic rings. The SMILES string of the molecule is O=C(NCC(CC(=O)c1c(Cl)ccc(NCCCc2ccccc2)c1Cl)C(=O)O)NC1CCc2ccccc21. The van der Waals surface area contributed by atoms with Crippen LogP contribution in [0.2, 0.25) is 10.0 Å². The lowest BCUT2D eigenvalue weighted by Crippen LogP contribution is -2.41. The predicted molar refractivity (Wildman–Crippen MR) is 154 cm³/mol. The summed E-state index contributed by atoms with van der Waals surface area (Å²) in [6, 6.07) is 20.7. The number of hydrogen-bond acceptors (Lipinski definition) is 4. The molecule has 39 heavy (non-hydrogen) atoms. The number of rotatable bonds is 12. The lowest BCUT2D eigenvalue weighted by Gasteiger charge is -2.18. The van der Waals surface area contributed by atoms with Gasteiger partial charge in [0, 0.05) is 19.5 Å². The molecule has 2 amide bonds. The first kappa shape index (κ1) is 28.5. The topological polar surface area (TPSA) is 108 Å². The van der Waals surface area contributed by atoms with Crippen LogP contribution in [0, 0.1) is 5.92 Å². The van der Waals surface area contributed by atoms with Crippen LogP contribution in [0.1, 0.15) is 52.4 Å². The van der Waals surface area contributed by atoms with Crippen molar-refractivity contribution < 1.29 is 19.5 Å². The number of nitrogens with one attached hydrogen (secondary N) is 3. The first-order valence-electron chi connectivity index (χ1n) is 13.0. The number of hydrogen-bond donors (Lipinski definition) is 4. The highest BCUT2D eigenvalue weighted by Gasteiger charge is 2.27. The molecule has 0 heterocycles. The third-order valence-corrected chi connectivity index (χ3v) is 7.61. The van der Waals surface area contributed by atoms with E-state index in [9.17, 15) is 19.5 Å². The number of halogens is 2. The van der Waals surface area contributed by atoms with Gasteiger partial charge in [-0.05, 0) is 54.5 Å². The Morgan fingerprint density at radius 2 is 1.72 bits per heavy atom. The van der Waals surface area contributed by atoms with Gasteiger partial charge >= 0.3 is 12.0 Å². The van der Waals surface area contributed by atoms with Crippen LogP contribution in [-0.2, 0) is 17.6 Å². The summed E-state index contributed by atoms with van der Waals surface area (Å²) in [4.78, 5) is 37.6. The second kappa shape index (κ2) is 13.5. The fourth-order valence-corrected chi connectivity index (χ4v) is 5.46. The summed E-state index contributed by atoms with van der Waals surface area (Å²) in [6.45, 7) is 0.417. The highest BCUT2D eigenvalue weighted by Crippen LogP contribution is 2.34. The van der Waals surface area contributed by atoms with E-state index in [4.69, 9.17) is 23.2 Å². The molecule has 204 valence electrons. The zero-order valence-electron chi connectivity index (χ0n) is 21.4. The minimum absolute atomic E-state index is 0.0738. The number of aliphatic carboxylic acids is 1. The van der Waals surface area contributed by atoms with Gasteiger partial charge < -0.3 is 21.1 Å². The van der Waals surface area contributed by atoms with Gasteiger partial charge in [0.05, 0.1) is 33.3 Å². The molecule has 0 aromatic heterocycles. The summed E-state index contributed by atoms with van der Waals surface area (Å²) < 4.78 is 0. The number of anilines is 1. The number of carboxylic acid groups (broad SMARTS) is 1. The van der Waals surface area contributed by atoms with E-state index in [1.54, 1.807) is 12.1 Å². The lowest BCUT2D eigenvalue weighted by atomic mass is 9.97. The fourth-order valence-electron chi connectivity index (χ4n) is 4.81. The number of carboxylic acids is 1. The highest BCUT2D eigenvalue weighted by molar-refractivity contribution is 6.41. The summed E-state index contributed by atoms with van der Waals surface area (Å²) in [5, 5.41) is 18.8. The monoisotopic (exact) mass is 567 g/mol. The Labute approximate surface area is 237 Å². The highest BCUT2D eigenvalue weighted by atomic mass is 35.5. The third-order valence-electron chi connectivity index (χ3n) is 6.90. The van der Waals surface area contributed by atoms with E-state index in [2.05, 4.69) is 28.1 Å². The minimum Gasteiger partial charge on any atom is -0.481 e. The Kier molecular flexibility index (Phi) is 9.85. The van der Waals surface area contributed by atoms with E-state index >= 15 is 0 Å². The van der Waals surface area contributed by atoms with Crippen molar-refractivity contribution in [1.82, 2.24) is 10.6 Å². The number of carbonyl (C=O) groups excluding carboxylic acids is 2. The van der Waals surface area contributed by atoms with E-state index in [0.717, 1.165) is 31.2 Å². The van der Waals surface area contributed by atoms with Gasteiger partial charge in [-0.15, -0.1) is 0 Å². The molecule has 3 aromatic carbocycles. The molecule has 7 nitrogen and oxygen atoms in total. The van der Waals surface area contributed by atoms with E-state index in [0.29, 0.717) is 12.2 Å². The number of ketones is 1. The van der Waals surface area contributed by atoms with Gasteiger partial charge in [0.1, 0.15) is 0 Å². The molecule has 0 saturated heterocycles. The molecule has 0 fully saturated rings. The zero-order valence-corrected chi connectivity index (χ0v) is 22.9. The first-order valence-corrected chi connectivity index (χ1v) is 13.7. The van der Waals surface area contributed by atoms with Crippen molar-refractivity contribution in [2.75, 3.05) is 18.4 Å². The van der Waals surface area contributed by atoms with Crippen LogP contribution in [0.4, 0.5) is 10.5 Å². The standard InChI is InChI=1S/C30H31Cl2N3O4/c31-23-13-15-25(33-16-6-9-19-7-2-1-3-8-19)28(32)27(23)26(36)17-21(29(37)38)18-34-30(39)35-24-14-12-20-10-4-5-11-22(20)24/h1-5,7-8,10-11,13,15,21,24,33H,6,9,12,14,16-18H2,(H,37,38)(H2,34,35,39). The molecular weight excluding hydrogens is 537 g/mol. The van der Waals surface area contributed by atoms with Gasteiger partial charge in [-0.1, -0.05) is 77.8 Å². The maximum Gasteiger partial charge on any atom is 0.315 e. The van der Waals surface area contributed by atoms with E-state index < -0.39 is 23.7 Å². The Hall–Kier alpha value is -3.55. The minimum atomic E-state index is -1.20. The van der Waals surface area contributed by atoms with Crippen LogP contribution < -0.4 is 16.0 Å². The smallest absolute Gasteiger partial charge is 0.315 e. The van der Waals surface area contributed by atoms with Gasteiger partial charge in [0.2, 0.25) is 0 Å². The predicted octanol–water partition coefficient (Wildman–Crippen LogP) is 6.30. The van der Waals surface area contributed by atoms with Crippen molar-refractivity contribution >= 4 is 46.7 Å². The molecule has 4 N–H and O–H groups in total. The Morgan fingerprint density at radius 1 is 0.974 bits per heavy atom. The van der Waals surface area contributed by atoms with Crippen LogP contribution in [-0.4, -0.2) is 36.0 Å². The molecule has 4 rings (SSSR count). The van der Waals surface area contributed by atoms with Crippen molar-refractivity contribution in [3.8, 4) is 0 Å². The van der Waals surface area contributed by atoms with Crippen molar-refractivity contribution in [2.24, 2.45) is 5.92 Å². The number of carbonyl (C=O) groups is 3. The normalized spacial score (nSPS) is 14.8. The maximum atomic E-state index is 13.1. The van der Waals surface area contributed by atoms with E-state index in [-0.39, 0.29) is 34.6 Å². The van der Waals surface area contributed by atoms with Gasteiger partial charge in [0.25, 0.3) is 0 Å². The molecular formula is C30H31Cl2N3O4. The van der Waals surface area contributed by atoms with E-state index in [1.165, 1.54) is 11.1 Å².